The van der Waals surface area contributed by atoms with Crippen LogP contribution in [-0.4, -0.2) is 6.10 Å². The molecule has 0 saturated heterocycles. The van der Waals surface area contributed by atoms with Gasteiger partial charge in [0.15, 0.2) is 11.6 Å². The van der Waals surface area contributed by atoms with Gasteiger partial charge in [0.2, 0.25) is 0 Å². The van der Waals surface area contributed by atoms with Crippen LogP contribution in [0.2, 0.25) is 0 Å². The van der Waals surface area contributed by atoms with Crippen molar-refractivity contribution in [2.24, 2.45) is 0 Å². The molecule has 2 aromatic carbocycles. The zero-order valence-corrected chi connectivity index (χ0v) is 11.6. The fourth-order valence-corrected chi connectivity index (χ4v) is 1.81. The van der Waals surface area contributed by atoms with E-state index in [0.717, 1.165) is 0 Å². The molecule has 0 spiro atoms. The maximum Gasteiger partial charge on any atom is 0.152 e. The van der Waals surface area contributed by atoms with Crippen molar-refractivity contribution in [3.8, 4) is 5.75 Å². The summed E-state index contributed by atoms with van der Waals surface area (Å²) in [6.07, 6.45) is -0.0955. The first kappa shape index (κ1) is 15.0. The van der Waals surface area contributed by atoms with Crippen LogP contribution in [-0.2, 0) is 0 Å². The maximum absolute atomic E-state index is 13.6. The van der Waals surface area contributed by atoms with E-state index in [0.29, 0.717) is 17.9 Å². The summed E-state index contributed by atoms with van der Waals surface area (Å²) in [7, 11) is 0. The van der Waals surface area contributed by atoms with Crippen molar-refractivity contribution in [2.45, 2.75) is 20.0 Å². The number of rotatable bonds is 4. The molecule has 0 atom stereocenters. The third-order valence-corrected chi connectivity index (χ3v) is 2.70. The number of hydrogen-bond donors (Lipinski definition) is 2. The van der Waals surface area contributed by atoms with Crippen LogP contribution >= 0.6 is 0 Å². The molecule has 0 heterocycles. The minimum absolute atomic E-state index is 0.0955. The molecule has 0 aromatic heterocycles. The van der Waals surface area contributed by atoms with Crippen molar-refractivity contribution in [1.82, 2.24) is 0 Å². The summed E-state index contributed by atoms with van der Waals surface area (Å²) in [6.45, 7) is 3.66. The van der Waals surface area contributed by atoms with Gasteiger partial charge in [-0.2, -0.15) is 0 Å². The van der Waals surface area contributed by atoms with Crippen LogP contribution in [0.4, 0.5) is 30.2 Å². The predicted octanol–water partition coefficient (Wildman–Crippen LogP) is 4.22. The van der Waals surface area contributed by atoms with Gasteiger partial charge in [-0.1, -0.05) is 6.07 Å². The lowest BCUT2D eigenvalue weighted by atomic mass is 10.2. The van der Waals surface area contributed by atoms with Crippen molar-refractivity contribution in [2.75, 3.05) is 11.1 Å². The van der Waals surface area contributed by atoms with Crippen molar-refractivity contribution >= 4 is 17.1 Å². The molecule has 0 bridgehead atoms. The second-order valence-corrected chi connectivity index (χ2v) is 4.75. The molecular weight excluding hydrogens is 281 g/mol. The molecule has 2 rings (SSSR count). The van der Waals surface area contributed by atoms with E-state index < -0.39 is 23.1 Å². The molecule has 2 aromatic rings. The van der Waals surface area contributed by atoms with E-state index >= 15 is 0 Å². The summed E-state index contributed by atoms with van der Waals surface area (Å²) in [5.41, 5.74) is 5.93. The van der Waals surface area contributed by atoms with Crippen LogP contribution < -0.4 is 15.8 Å². The normalized spacial score (nSPS) is 10.8. The van der Waals surface area contributed by atoms with Crippen molar-refractivity contribution < 1.29 is 17.9 Å². The summed E-state index contributed by atoms with van der Waals surface area (Å²) in [6, 6.07) is 6.02. The molecule has 112 valence electrons. The van der Waals surface area contributed by atoms with Crippen LogP contribution in [0, 0.1) is 17.5 Å². The van der Waals surface area contributed by atoms with Crippen LogP contribution in [0.1, 0.15) is 13.8 Å². The zero-order valence-electron chi connectivity index (χ0n) is 11.6. The average molecular weight is 296 g/mol. The Morgan fingerprint density at radius 3 is 2.29 bits per heavy atom. The number of ether oxygens (including phenoxy) is 1. The summed E-state index contributed by atoms with van der Waals surface area (Å²) in [4.78, 5) is 0. The van der Waals surface area contributed by atoms with Crippen molar-refractivity contribution in [1.29, 1.82) is 0 Å². The highest BCUT2D eigenvalue weighted by molar-refractivity contribution is 5.77. The first-order chi connectivity index (χ1) is 9.88. The van der Waals surface area contributed by atoms with Crippen molar-refractivity contribution in [3.63, 3.8) is 0 Å². The molecule has 0 fully saturated rings. The lowest BCUT2D eigenvalue weighted by molar-refractivity contribution is 0.244. The Morgan fingerprint density at radius 1 is 1.10 bits per heavy atom. The topological polar surface area (TPSA) is 47.3 Å². The second kappa shape index (κ2) is 5.95. The minimum Gasteiger partial charge on any atom is -0.489 e. The molecule has 0 aliphatic carbocycles. The van der Waals surface area contributed by atoms with Crippen LogP contribution in [0.25, 0.3) is 0 Å². The number of anilines is 3. The van der Waals surface area contributed by atoms with Crippen LogP contribution in [0.15, 0.2) is 30.3 Å². The average Bonchev–Trinajstić information content (AvgIpc) is 2.37. The van der Waals surface area contributed by atoms with Gasteiger partial charge < -0.3 is 15.8 Å². The Morgan fingerprint density at radius 2 is 1.71 bits per heavy atom. The molecule has 0 unspecified atom stereocenters. The lowest BCUT2D eigenvalue weighted by Gasteiger charge is -2.16. The maximum atomic E-state index is 13.6. The molecule has 0 saturated carbocycles. The quantitative estimate of drug-likeness (QED) is 0.831. The van der Waals surface area contributed by atoms with E-state index in [2.05, 4.69) is 5.32 Å². The van der Waals surface area contributed by atoms with Gasteiger partial charge in [0.1, 0.15) is 17.3 Å². The van der Waals surface area contributed by atoms with Gasteiger partial charge in [-0.05, 0) is 26.0 Å². The highest BCUT2D eigenvalue weighted by Gasteiger charge is 2.14. The third kappa shape index (κ3) is 3.39. The molecule has 21 heavy (non-hydrogen) atoms. The molecule has 0 amide bonds. The highest BCUT2D eigenvalue weighted by Crippen LogP contribution is 2.33. The number of nitrogens with two attached hydrogens (primary N) is 1. The number of hydrogen-bond acceptors (Lipinski definition) is 3. The molecular formula is C15H15F3N2O. The van der Waals surface area contributed by atoms with E-state index in [1.165, 1.54) is 0 Å². The molecule has 3 N–H and O–H groups in total. The lowest BCUT2D eigenvalue weighted by Crippen LogP contribution is -2.09. The third-order valence-electron chi connectivity index (χ3n) is 2.70. The zero-order chi connectivity index (χ0) is 15.6. The van der Waals surface area contributed by atoms with E-state index in [1.54, 1.807) is 18.2 Å². The fraction of sp³-hybridized carbons (Fsp3) is 0.200. The summed E-state index contributed by atoms with van der Waals surface area (Å²) in [5.74, 6) is -2.66. The van der Waals surface area contributed by atoms with Crippen LogP contribution in [0.5, 0.6) is 5.75 Å². The number of halogens is 3. The molecule has 0 aliphatic rings. The number of para-hydroxylation sites is 1. The monoisotopic (exact) mass is 296 g/mol. The smallest absolute Gasteiger partial charge is 0.152 e. The van der Waals surface area contributed by atoms with Gasteiger partial charge in [0.25, 0.3) is 0 Å². The highest BCUT2D eigenvalue weighted by atomic mass is 19.1. The second-order valence-electron chi connectivity index (χ2n) is 4.75. The SMILES string of the molecule is CC(C)Oc1cccc(Nc2c(F)cc(F)cc2F)c1N. The van der Waals surface area contributed by atoms with Crippen LogP contribution in [0.3, 0.4) is 0 Å². The van der Waals surface area contributed by atoms with Crippen molar-refractivity contribution in [3.05, 3.63) is 47.8 Å². The molecule has 0 radical (unpaired) electrons. The minimum atomic E-state index is -1.04. The fourth-order valence-electron chi connectivity index (χ4n) is 1.81. The Kier molecular flexibility index (Phi) is 4.26. The van der Waals surface area contributed by atoms with Gasteiger partial charge in [0, 0.05) is 12.1 Å². The van der Waals surface area contributed by atoms with E-state index in [1.807, 2.05) is 13.8 Å². The van der Waals surface area contributed by atoms with E-state index in [-0.39, 0.29) is 17.5 Å². The largest absolute Gasteiger partial charge is 0.489 e. The molecule has 6 heteroatoms. The summed E-state index contributed by atoms with van der Waals surface area (Å²) >= 11 is 0. The molecule has 0 aliphatic heterocycles. The Balaban J connectivity index is 2.36. The first-order valence-corrected chi connectivity index (χ1v) is 6.35. The first-order valence-electron chi connectivity index (χ1n) is 6.35. The summed E-state index contributed by atoms with van der Waals surface area (Å²) in [5, 5.41) is 2.53. The standard InChI is InChI=1S/C15H15F3N2O/c1-8(2)21-13-5-3-4-12(14(13)19)20-15-10(17)6-9(16)7-11(15)18/h3-8,20H,19H2,1-2H3. The molecule has 3 nitrogen and oxygen atoms in total. The van der Waals surface area contributed by atoms with Gasteiger partial charge in [-0.25, -0.2) is 13.2 Å². The van der Waals surface area contributed by atoms with E-state index in [9.17, 15) is 13.2 Å². The summed E-state index contributed by atoms with van der Waals surface area (Å²) < 4.78 is 45.6. The van der Waals surface area contributed by atoms with Gasteiger partial charge in [0.05, 0.1) is 17.5 Å². The Labute approximate surface area is 120 Å². The number of nitrogen functional groups attached to an aromatic ring is 1. The predicted molar refractivity (Wildman–Crippen MR) is 76.2 cm³/mol. The van der Waals surface area contributed by atoms with Gasteiger partial charge >= 0.3 is 0 Å². The number of benzene rings is 2. The number of nitrogens with one attached hydrogen (secondary N) is 1. The van der Waals surface area contributed by atoms with Gasteiger partial charge in [-0.3, -0.25) is 0 Å². The Bertz CT molecular complexity index is 636. The van der Waals surface area contributed by atoms with E-state index in [4.69, 9.17) is 10.5 Å². The van der Waals surface area contributed by atoms with Gasteiger partial charge in [-0.15, -0.1) is 0 Å². The Hall–Kier alpha value is -2.37.